The lowest BCUT2D eigenvalue weighted by molar-refractivity contribution is 0.0797. The first kappa shape index (κ1) is 34.5. The van der Waals surface area contributed by atoms with E-state index in [4.69, 9.17) is 15.0 Å². The minimum atomic E-state index is -0.448. The highest BCUT2D eigenvalue weighted by atomic mass is 16.2. The zero-order valence-electron chi connectivity index (χ0n) is 30.4. The zero-order chi connectivity index (χ0) is 37.8. The van der Waals surface area contributed by atoms with Crippen LogP contribution in [-0.2, 0) is 0 Å². The van der Waals surface area contributed by atoms with E-state index in [9.17, 15) is 9.59 Å². The van der Waals surface area contributed by atoms with E-state index in [1.54, 1.807) is 9.80 Å². The average molecular weight is 728 g/mol. The molecule has 0 bridgehead atoms. The van der Waals surface area contributed by atoms with E-state index in [0.717, 1.165) is 22.3 Å². The highest BCUT2D eigenvalue weighted by Crippen LogP contribution is 2.46. The van der Waals surface area contributed by atoms with E-state index in [2.05, 4.69) is 24.3 Å². The second kappa shape index (κ2) is 15.2. The molecule has 3 heterocycles. The molecule has 7 heteroatoms. The molecule has 0 spiro atoms. The Balaban J connectivity index is 1.22. The second-order valence-corrected chi connectivity index (χ2v) is 13.8. The summed E-state index contributed by atoms with van der Waals surface area (Å²) < 4.78 is 0. The number of benzene rings is 6. The summed E-state index contributed by atoms with van der Waals surface area (Å²) in [5.74, 6) is 0.525. The Morgan fingerprint density at radius 2 is 0.661 bits per heavy atom. The monoisotopic (exact) mass is 727 g/mol. The Hall–Kier alpha value is -7.25. The number of amides is 2. The Kier molecular flexibility index (Phi) is 9.39. The number of aromatic nitrogens is 1. The van der Waals surface area contributed by atoms with Gasteiger partial charge in [-0.15, -0.1) is 0 Å². The molecule has 6 aromatic carbocycles. The van der Waals surface area contributed by atoms with Gasteiger partial charge in [-0.05, 0) is 58.7 Å². The molecule has 0 saturated carbocycles. The third-order valence-corrected chi connectivity index (χ3v) is 10.4. The van der Waals surface area contributed by atoms with Gasteiger partial charge in [-0.1, -0.05) is 164 Å². The molecule has 4 atom stereocenters. The smallest absolute Gasteiger partial charge is 0.260 e. The molecular formula is C49H37N5O2. The van der Waals surface area contributed by atoms with E-state index < -0.39 is 24.2 Å². The van der Waals surface area contributed by atoms with Gasteiger partial charge in [0.05, 0.1) is 12.1 Å². The normalized spacial score (nSPS) is 19.0. The third kappa shape index (κ3) is 6.49. The number of carbonyl (C=O) groups excluding carboxylic acids is 2. The fourth-order valence-electron chi connectivity index (χ4n) is 7.80. The van der Waals surface area contributed by atoms with Crippen molar-refractivity contribution in [3.63, 3.8) is 0 Å². The molecule has 0 radical (unpaired) electrons. The number of aliphatic imine (C=N–C) groups is 2. The van der Waals surface area contributed by atoms with Crippen LogP contribution in [0.15, 0.2) is 210 Å². The molecule has 1 aromatic heterocycles. The number of pyridine rings is 1. The Morgan fingerprint density at radius 3 is 1.00 bits per heavy atom. The van der Waals surface area contributed by atoms with Crippen LogP contribution in [-0.4, -0.2) is 38.3 Å². The molecule has 56 heavy (non-hydrogen) atoms. The van der Waals surface area contributed by atoms with Crippen molar-refractivity contribution in [2.75, 3.05) is 0 Å². The van der Waals surface area contributed by atoms with E-state index >= 15 is 0 Å². The van der Waals surface area contributed by atoms with Crippen LogP contribution in [0.25, 0.3) is 0 Å². The Labute approximate surface area is 326 Å². The van der Waals surface area contributed by atoms with Crippen LogP contribution in [0.5, 0.6) is 0 Å². The first-order chi connectivity index (χ1) is 27.7. The predicted molar refractivity (Wildman–Crippen MR) is 219 cm³/mol. The summed E-state index contributed by atoms with van der Waals surface area (Å²) in [6.45, 7) is 0. The third-order valence-electron chi connectivity index (χ3n) is 10.4. The topological polar surface area (TPSA) is 78.2 Å². The van der Waals surface area contributed by atoms with E-state index in [1.165, 1.54) is 0 Å². The SMILES string of the molecule is O=C(c1ccccc1)N1C(c2cccc(C3=N[C@@H](c4ccccc4)[C@H](c4ccccc4)N3C(=O)c3ccccc3)n2)=N[C@@H](c2ccccc2)[C@@H]1c1ccccc1. The molecule has 2 aliphatic rings. The van der Waals surface area contributed by atoms with Gasteiger partial charge in [0.2, 0.25) is 0 Å². The molecule has 9 rings (SSSR count). The lowest BCUT2D eigenvalue weighted by atomic mass is 9.93. The second-order valence-electron chi connectivity index (χ2n) is 13.8. The van der Waals surface area contributed by atoms with Crippen molar-refractivity contribution in [3.8, 4) is 0 Å². The summed E-state index contributed by atoms with van der Waals surface area (Å²) in [6, 6.07) is 62.8. The van der Waals surface area contributed by atoms with Crippen molar-refractivity contribution < 1.29 is 9.59 Å². The van der Waals surface area contributed by atoms with Crippen molar-refractivity contribution >= 4 is 23.5 Å². The van der Waals surface area contributed by atoms with Crippen molar-refractivity contribution in [1.82, 2.24) is 14.8 Å². The van der Waals surface area contributed by atoms with Gasteiger partial charge in [0.1, 0.15) is 23.5 Å². The predicted octanol–water partition coefficient (Wildman–Crippen LogP) is 9.85. The van der Waals surface area contributed by atoms with Crippen molar-refractivity contribution in [2.45, 2.75) is 24.2 Å². The summed E-state index contributed by atoms with van der Waals surface area (Å²) in [7, 11) is 0. The van der Waals surface area contributed by atoms with Crippen LogP contribution in [0.4, 0.5) is 0 Å². The largest absolute Gasteiger partial charge is 0.281 e. The van der Waals surface area contributed by atoms with Crippen LogP contribution in [0.3, 0.4) is 0 Å². The molecule has 0 aliphatic carbocycles. The van der Waals surface area contributed by atoms with Gasteiger partial charge in [0, 0.05) is 11.1 Å². The van der Waals surface area contributed by atoms with Gasteiger partial charge in [0.15, 0.2) is 11.7 Å². The van der Waals surface area contributed by atoms with Crippen LogP contribution >= 0.6 is 0 Å². The van der Waals surface area contributed by atoms with Gasteiger partial charge in [-0.3, -0.25) is 29.4 Å². The summed E-state index contributed by atoms with van der Waals surface area (Å²) in [6.07, 6.45) is 0. The lowest BCUT2D eigenvalue weighted by Crippen LogP contribution is -2.39. The quantitative estimate of drug-likeness (QED) is 0.156. The van der Waals surface area contributed by atoms with E-state index in [-0.39, 0.29) is 11.8 Å². The lowest BCUT2D eigenvalue weighted by Gasteiger charge is -2.30. The molecule has 270 valence electrons. The summed E-state index contributed by atoms with van der Waals surface area (Å²) in [5, 5.41) is 0. The minimum absolute atomic E-state index is 0.184. The molecular weight excluding hydrogens is 691 g/mol. The number of rotatable bonds is 8. The van der Waals surface area contributed by atoms with Crippen LogP contribution in [0.1, 0.15) is 78.5 Å². The zero-order valence-corrected chi connectivity index (χ0v) is 30.4. The van der Waals surface area contributed by atoms with Crippen LogP contribution < -0.4 is 0 Å². The maximum absolute atomic E-state index is 14.8. The molecule has 0 N–H and O–H groups in total. The fraction of sp³-hybridized carbons (Fsp3) is 0.0816. The highest BCUT2D eigenvalue weighted by molar-refractivity contribution is 6.15. The number of nitrogens with zero attached hydrogens (tertiary/aromatic N) is 5. The minimum Gasteiger partial charge on any atom is -0.281 e. The van der Waals surface area contributed by atoms with Crippen molar-refractivity contribution in [2.24, 2.45) is 9.98 Å². The average Bonchev–Trinajstić information content (AvgIpc) is 3.89. The summed E-state index contributed by atoms with van der Waals surface area (Å²) in [4.78, 5) is 49.1. The molecule has 2 amide bonds. The maximum Gasteiger partial charge on any atom is 0.260 e. The van der Waals surface area contributed by atoms with Crippen molar-refractivity contribution in [1.29, 1.82) is 0 Å². The van der Waals surface area contributed by atoms with Crippen LogP contribution in [0, 0.1) is 0 Å². The molecule has 7 aromatic rings. The first-order valence-corrected chi connectivity index (χ1v) is 18.8. The standard InChI is InChI=1S/C49H37N5O2/c55-48(38-28-15-5-16-29-38)53-44(36-24-11-3-12-25-36)42(34-20-7-1-8-21-34)51-46(53)40-32-19-33-41(50-40)47-52-43(35-22-9-2-10-23-35)45(37-26-13-4-14-27-37)54(47)49(56)39-30-17-6-18-31-39/h1-33,42-45H/t42-,43-,44-,45-/m0/s1. The number of carbonyl (C=O) groups is 2. The van der Waals surface area contributed by atoms with Gasteiger partial charge in [-0.2, -0.15) is 0 Å². The van der Waals surface area contributed by atoms with Crippen LogP contribution in [0.2, 0.25) is 0 Å². The highest BCUT2D eigenvalue weighted by Gasteiger charge is 2.45. The number of amidine groups is 2. The molecule has 2 aliphatic heterocycles. The Morgan fingerprint density at radius 1 is 0.357 bits per heavy atom. The molecule has 0 saturated heterocycles. The molecule has 7 nitrogen and oxygen atoms in total. The van der Waals surface area contributed by atoms with Gasteiger partial charge in [-0.25, -0.2) is 4.98 Å². The maximum atomic E-state index is 14.8. The van der Waals surface area contributed by atoms with Crippen molar-refractivity contribution in [3.05, 3.63) is 245 Å². The molecule has 0 unspecified atom stereocenters. The fourth-order valence-corrected chi connectivity index (χ4v) is 7.80. The summed E-state index contributed by atoms with van der Waals surface area (Å²) in [5.41, 5.74) is 5.96. The Bertz CT molecular complexity index is 2350. The summed E-state index contributed by atoms with van der Waals surface area (Å²) >= 11 is 0. The van der Waals surface area contributed by atoms with Gasteiger partial charge >= 0.3 is 0 Å². The number of hydrogen-bond acceptors (Lipinski definition) is 5. The van der Waals surface area contributed by atoms with E-state index in [0.29, 0.717) is 34.2 Å². The van der Waals surface area contributed by atoms with Gasteiger partial charge in [0.25, 0.3) is 11.8 Å². The van der Waals surface area contributed by atoms with E-state index in [1.807, 2.05) is 176 Å². The first-order valence-electron chi connectivity index (χ1n) is 18.8. The molecule has 0 fully saturated rings. The van der Waals surface area contributed by atoms with Gasteiger partial charge < -0.3 is 0 Å². The number of hydrogen-bond donors (Lipinski definition) is 0.